The number of nitrogens with one attached hydrogen (secondary N) is 2. The lowest BCUT2D eigenvalue weighted by atomic mass is 10.1. The summed E-state index contributed by atoms with van der Waals surface area (Å²) in [7, 11) is 1.57. The molecule has 0 spiro atoms. The number of anilines is 1. The van der Waals surface area contributed by atoms with Crippen molar-refractivity contribution in [1.82, 2.24) is 5.32 Å². The summed E-state index contributed by atoms with van der Waals surface area (Å²) >= 11 is 5.69. The van der Waals surface area contributed by atoms with Crippen LogP contribution in [0.4, 0.5) is 10.1 Å². The Kier molecular flexibility index (Phi) is 6.59. The average Bonchev–Trinajstić information content (AvgIpc) is 2.65. The minimum atomic E-state index is -0.548. The van der Waals surface area contributed by atoms with Crippen LogP contribution in [0.15, 0.2) is 54.2 Å². The van der Waals surface area contributed by atoms with Crippen molar-refractivity contribution in [2.75, 3.05) is 12.4 Å². The fraction of sp³-hybridized carbons (Fsp3) is 0.158. The lowest BCUT2D eigenvalue weighted by Crippen LogP contribution is -2.28. The molecule has 0 fully saturated rings. The molecule has 2 aromatic rings. The first-order valence-electron chi connectivity index (χ1n) is 7.71. The van der Waals surface area contributed by atoms with E-state index in [-0.39, 0.29) is 16.6 Å². The second-order valence-electron chi connectivity index (χ2n) is 5.41. The van der Waals surface area contributed by atoms with Gasteiger partial charge in [0.05, 0.1) is 18.2 Å². The van der Waals surface area contributed by atoms with E-state index < -0.39 is 11.7 Å². The largest absolute Gasteiger partial charge is 0.497 e. The molecular formula is C19H17ClFN3O2. The van der Waals surface area contributed by atoms with E-state index >= 15 is 0 Å². The van der Waals surface area contributed by atoms with Gasteiger partial charge in [0.25, 0.3) is 5.91 Å². The Bertz CT molecular complexity index is 860. The summed E-state index contributed by atoms with van der Waals surface area (Å²) in [4.78, 5) is 12.3. The van der Waals surface area contributed by atoms with Gasteiger partial charge < -0.3 is 15.4 Å². The molecule has 0 aliphatic heterocycles. The molecule has 134 valence electrons. The van der Waals surface area contributed by atoms with Gasteiger partial charge in [-0.1, -0.05) is 23.7 Å². The van der Waals surface area contributed by atoms with Crippen LogP contribution in [0.1, 0.15) is 18.5 Å². The first kappa shape index (κ1) is 19.3. The first-order valence-corrected chi connectivity index (χ1v) is 8.09. The van der Waals surface area contributed by atoms with Crippen molar-refractivity contribution in [2.45, 2.75) is 13.0 Å². The van der Waals surface area contributed by atoms with E-state index in [0.29, 0.717) is 11.4 Å². The van der Waals surface area contributed by atoms with Crippen molar-refractivity contribution in [1.29, 1.82) is 5.26 Å². The van der Waals surface area contributed by atoms with Gasteiger partial charge in [0.1, 0.15) is 23.2 Å². The second-order valence-corrected chi connectivity index (χ2v) is 5.82. The molecule has 2 aromatic carbocycles. The summed E-state index contributed by atoms with van der Waals surface area (Å²) in [6.45, 7) is 1.81. The molecule has 7 heteroatoms. The van der Waals surface area contributed by atoms with Gasteiger partial charge in [-0.25, -0.2) is 4.39 Å². The highest BCUT2D eigenvalue weighted by Crippen LogP contribution is 2.20. The third-order valence-corrected chi connectivity index (χ3v) is 3.92. The van der Waals surface area contributed by atoms with Crippen LogP contribution in [0.25, 0.3) is 0 Å². The number of nitriles is 1. The van der Waals surface area contributed by atoms with Crippen LogP contribution < -0.4 is 15.4 Å². The van der Waals surface area contributed by atoms with Crippen molar-refractivity contribution in [3.8, 4) is 11.8 Å². The van der Waals surface area contributed by atoms with Crippen molar-refractivity contribution >= 4 is 23.2 Å². The van der Waals surface area contributed by atoms with Gasteiger partial charge in [-0.15, -0.1) is 0 Å². The van der Waals surface area contributed by atoms with Gasteiger partial charge in [0.15, 0.2) is 0 Å². The molecule has 0 radical (unpaired) electrons. The minimum Gasteiger partial charge on any atom is -0.497 e. The fourth-order valence-electron chi connectivity index (χ4n) is 2.14. The third-order valence-electron chi connectivity index (χ3n) is 3.63. The molecular weight excluding hydrogens is 357 g/mol. The number of hydrogen-bond donors (Lipinski definition) is 2. The minimum absolute atomic E-state index is 0.0560. The predicted octanol–water partition coefficient (Wildman–Crippen LogP) is 4.18. The number of carbonyl (C=O) groups excluding carboxylic acids is 1. The van der Waals surface area contributed by atoms with E-state index in [9.17, 15) is 14.4 Å². The van der Waals surface area contributed by atoms with Crippen molar-refractivity contribution < 1.29 is 13.9 Å². The lowest BCUT2D eigenvalue weighted by Gasteiger charge is -2.14. The fourth-order valence-corrected chi connectivity index (χ4v) is 2.32. The van der Waals surface area contributed by atoms with Gasteiger partial charge in [0, 0.05) is 11.9 Å². The van der Waals surface area contributed by atoms with Crippen LogP contribution in [-0.2, 0) is 4.79 Å². The molecule has 2 N–H and O–H groups in total. The first-order chi connectivity index (χ1) is 12.4. The Morgan fingerprint density at radius 3 is 2.58 bits per heavy atom. The standard InChI is InChI=1S/C19H17ClFN3O2/c1-12(13-3-6-16(26-2)7-4-13)24-19(25)14(10-22)11-23-15-5-8-18(21)17(20)9-15/h3-9,11-12,23H,1-2H3,(H,24,25)/b14-11-. The van der Waals surface area contributed by atoms with Crippen molar-refractivity contribution in [2.24, 2.45) is 0 Å². The highest BCUT2D eigenvalue weighted by atomic mass is 35.5. The summed E-state index contributed by atoms with van der Waals surface area (Å²) < 4.78 is 18.2. The topological polar surface area (TPSA) is 74.1 Å². The number of nitrogens with zero attached hydrogens (tertiary/aromatic N) is 1. The zero-order valence-electron chi connectivity index (χ0n) is 14.2. The van der Waals surface area contributed by atoms with Crippen LogP contribution >= 0.6 is 11.6 Å². The predicted molar refractivity (Wildman–Crippen MR) is 98.3 cm³/mol. The smallest absolute Gasteiger partial charge is 0.263 e. The van der Waals surface area contributed by atoms with Gasteiger partial charge in [-0.2, -0.15) is 5.26 Å². The third kappa shape index (κ3) is 4.98. The number of carbonyl (C=O) groups is 1. The molecule has 1 unspecified atom stereocenters. The van der Waals surface area contributed by atoms with Crippen LogP contribution in [0.5, 0.6) is 5.75 Å². The summed E-state index contributed by atoms with van der Waals surface area (Å²) in [5.74, 6) is -0.365. The monoisotopic (exact) mass is 373 g/mol. The van der Waals surface area contributed by atoms with Crippen LogP contribution in [0.2, 0.25) is 5.02 Å². The summed E-state index contributed by atoms with van der Waals surface area (Å²) in [6.07, 6.45) is 1.25. The van der Waals surface area contributed by atoms with Crippen LogP contribution in [0, 0.1) is 17.1 Å². The van der Waals surface area contributed by atoms with Crippen LogP contribution in [0.3, 0.4) is 0 Å². The summed E-state index contributed by atoms with van der Waals surface area (Å²) in [5.41, 5.74) is 1.21. The maximum Gasteiger partial charge on any atom is 0.263 e. The van der Waals surface area contributed by atoms with E-state index in [1.807, 2.05) is 25.1 Å². The van der Waals surface area contributed by atoms with Gasteiger partial charge in [0.2, 0.25) is 0 Å². The van der Waals surface area contributed by atoms with Crippen molar-refractivity contribution in [3.05, 3.63) is 70.6 Å². The molecule has 1 amide bonds. The summed E-state index contributed by atoms with van der Waals surface area (Å²) in [5, 5.41) is 14.7. The molecule has 0 aliphatic rings. The Hall–Kier alpha value is -3.04. The van der Waals surface area contributed by atoms with E-state index in [1.54, 1.807) is 19.2 Å². The number of amides is 1. The van der Waals surface area contributed by atoms with E-state index in [1.165, 1.54) is 24.4 Å². The highest BCUT2D eigenvalue weighted by Gasteiger charge is 2.14. The van der Waals surface area contributed by atoms with Crippen molar-refractivity contribution in [3.63, 3.8) is 0 Å². The molecule has 5 nitrogen and oxygen atoms in total. The Labute approximate surface area is 156 Å². The zero-order valence-corrected chi connectivity index (χ0v) is 15.0. The molecule has 2 rings (SSSR count). The quantitative estimate of drug-likeness (QED) is 0.588. The molecule has 0 aromatic heterocycles. The molecule has 0 saturated heterocycles. The maximum absolute atomic E-state index is 13.1. The number of benzene rings is 2. The van der Waals surface area contributed by atoms with Crippen LogP contribution in [-0.4, -0.2) is 13.0 Å². The number of rotatable bonds is 6. The molecule has 0 aliphatic carbocycles. The Balaban J connectivity index is 2.04. The van der Waals surface area contributed by atoms with Gasteiger partial charge in [-0.05, 0) is 42.8 Å². The number of methoxy groups -OCH3 is 1. The molecule has 0 heterocycles. The lowest BCUT2D eigenvalue weighted by molar-refractivity contribution is -0.117. The maximum atomic E-state index is 13.1. The summed E-state index contributed by atoms with van der Waals surface area (Å²) in [6, 6.07) is 12.8. The highest BCUT2D eigenvalue weighted by molar-refractivity contribution is 6.31. The molecule has 1 atom stereocenters. The molecule has 0 saturated carbocycles. The normalized spacial score (nSPS) is 12.0. The second kappa shape index (κ2) is 8.88. The van der Waals surface area contributed by atoms with Gasteiger partial charge in [-0.3, -0.25) is 4.79 Å². The zero-order chi connectivity index (χ0) is 19.1. The SMILES string of the molecule is COc1ccc(C(C)NC(=O)/C(C#N)=C\Nc2ccc(F)c(Cl)c2)cc1. The number of hydrogen-bond acceptors (Lipinski definition) is 4. The number of ether oxygens (including phenoxy) is 1. The Morgan fingerprint density at radius 2 is 2.00 bits per heavy atom. The number of halogens is 2. The van der Waals surface area contributed by atoms with E-state index in [2.05, 4.69) is 10.6 Å². The van der Waals surface area contributed by atoms with E-state index in [0.717, 1.165) is 5.56 Å². The van der Waals surface area contributed by atoms with Gasteiger partial charge >= 0.3 is 0 Å². The van der Waals surface area contributed by atoms with E-state index in [4.69, 9.17) is 16.3 Å². The Morgan fingerprint density at radius 1 is 1.31 bits per heavy atom. The molecule has 26 heavy (non-hydrogen) atoms. The molecule has 0 bridgehead atoms. The average molecular weight is 374 g/mol.